The highest BCUT2D eigenvalue weighted by Crippen LogP contribution is 2.27. The lowest BCUT2D eigenvalue weighted by molar-refractivity contribution is 0.0599. The summed E-state index contributed by atoms with van der Waals surface area (Å²) >= 11 is 8.93. The van der Waals surface area contributed by atoms with Gasteiger partial charge in [0, 0.05) is 10.0 Å². The quantitative estimate of drug-likeness (QED) is 0.616. The minimum atomic E-state index is -0.542. The molecule has 0 saturated heterocycles. The number of benzene rings is 1. The monoisotopic (exact) mass is 276 g/mol. The van der Waals surface area contributed by atoms with Crippen LogP contribution in [0.1, 0.15) is 20.7 Å². The van der Waals surface area contributed by atoms with Crippen LogP contribution in [0.25, 0.3) is 0 Å². The first kappa shape index (κ1) is 11.2. The van der Waals surface area contributed by atoms with Crippen LogP contribution in [0.2, 0.25) is 5.02 Å². The summed E-state index contributed by atoms with van der Waals surface area (Å²) in [7, 11) is 1.26. The fraction of sp³-hybridized carbons (Fsp3) is 0.111. The van der Waals surface area contributed by atoms with Crippen molar-refractivity contribution in [1.29, 1.82) is 0 Å². The van der Waals surface area contributed by atoms with Gasteiger partial charge in [-0.2, -0.15) is 0 Å². The van der Waals surface area contributed by atoms with Crippen LogP contribution in [-0.4, -0.2) is 19.4 Å². The van der Waals surface area contributed by atoms with Crippen LogP contribution in [0.15, 0.2) is 16.6 Å². The van der Waals surface area contributed by atoms with Crippen molar-refractivity contribution in [3.8, 4) is 0 Å². The molecule has 0 fully saturated rings. The van der Waals surface area contributed by atoms with Gasteiger partial charge in [0.2, 0.25) is 0 Å². The second-order valence-electron chi connectivity index (χ2n) is 2.47. The number of rotatable bonds is 2. The van der Waals surface area contributed by atoms with Crippen molar-refractivity contribution in [2.24, 2.45) is 0 Å². The minimum Gasteiger partial charge on any atom is -0.465 e. The van der Waals surface area contributed by atoms with Crippen LogP contribution >= 0.6 is 27.5 Å². The first-order valence-corrected chi connectivity index (χ1v) is 4.79. The van der Waals surface area contributed by atoms with Gasteiger partial charge in [0.1, 0.15) is 6.29 Å². The number of carbonyl (C=O) groups excluding carboxylic acids is 2. The molecule has 0 aliphatic carbocycles. The van der Waals surface area contributed by atoms with E-state index in [9.17, 15) is 9.59 Å². The van der Waals surface area contributed by atoms with E-state index < -0.39 is 5.97 Å². The second kappa shape index (κ2) is 4.57. The zero-order valence-electron chi connectivity index (χ0n) is 7.21. The molecule has 74 valence electrons. The lowest BCUT2D eigenvalue weighted by Crippen LogP contribution is -2.04. The van der Waals surface area contributed by atoms with Crippen molar-refractivity contribution >= 4 is 39.8 Å². The van der Waals surface area contributed by atoms with Crippen molar-refractivity contribution in [3.05, 3.63) is 32.8 Å². The molecule has 0 N–H and O–H groups in total. The van der Waals surface area contributed by atoms with Gasteiger partial charge in [0.25, 0.3) is 0 Å². The molecule has 1 rings (SSSR count). The Bertz CT molecular complexity index is 367. The molecule has 0 aliphatic heterocycles. The van der Waals surface area contributed by atoms with E-state index in [2.05, 4.69) is 20.7 Å². The van der Waals surface area contributed by atoms with Gasteiger partial charge in [-0.05, 0) is 28.1 Å². The van der Waals surface area contributed by atoms with Gasteiger partial charge in [-0.15, -0.1) is 0 Å². The molecule has 0 unspecified atom stereocenters. The van der Waals surface area contributed by atoms with E-state index in [-0.39, 0.29) is 10.6 Å². The molecule has 14 heavy (non-hydrogen) atoms. The van der Waals surface area contributed by atoms with Crippen molar-refractivity contribution in [3.63, 3.8) is 0 Å². The third-order valence-corrected chi connectivity index (χ3v) is 2.51. The topological polar surface area (TPSA) is 43.4 Å². The smallest absolute Gasteiger partial charge is 0.340 e. The standard InChI is InChI=1S/C9H6BrClO3/c1-14-9(13)8-6(10)2-5(4-12)3-7(8)11/h2-4H,1H3. The number of ether oxygens (including phenoxy) is 1. The third-order valence-electron chi connectivity index (χ3n) is 1.59. The van der Waals surface area contributed by atoms with Gasteiger partial charge in [-0.25, -0.2) is 4.79 Å². The molecule has 0 spiro atoms. The Morgan fingerprint density at radius 2 is 2.21 bits per heavy atom. The molecule has 1 aromatic carbocycles. The van der Waals surface area contributed by atoms with Crippen LogP contribution in [0.4, 0.5) is 0 Å². The number of esters is 1. The lowest BCUT2D eigenvalue weighted by Gasteiger charge is -2.05. The molecule has 3 nitrogen and oxygen atoms in total. The van der Waals surface area contributed by atoms with Gasteiger partial charge < -0.3 is 4.74 Å². The normalized spacial score (nSPS) is 9.64. The first-order chi connectivity index (χ1) is 6.60. The van der Waals surface area contributed by atoms with Crippen LogP contribution in [0, 0.1) is 0 Å². The van der Waals surface area contributed by atoms with Crippen LogP contribution in [-0.2, 0) is 4.74 Å². The molecule has 0 radical (unpaired) electrons. The molecule has 0 aliphatic rings. The predicted molar refractivity (Wildman–Crippen MR) is 55.9 cm³/mol. The van der Waals surface area contributed by atoms with Gasteiger partial charge >= 0.3 is 5.97 Å². The Morgan fingerprint density at radius 3 is 2.64 bits per heavy atom. The van der Waals surface area contributed by atoms with Crippen molar-refractivity contribution in [2.45, 2.75) is 0 Å². The number of aldehydes is 1. The number of halogens is 2. The molecule has 5 heteroatoms. The molecule has 0 aromatic heterocycles. The fourth-order valence-electron chi connectivity index (χ4n) is 0.958. The van der Waals surface area contributed by atoms with Crippen LogP contribution in [0.3, 0.4) is 0 Å². The molecular formula is C9H6BrClO3. The van der Waals surface area contributed by atoms with Crippen LogP contribution < -0.4 is 0 Å². The van der Waals surface area contributed by atoms with Gasteiger partial charge in [0.15, 0.2) is 0 Å². The number of carbonyl (C=O) groups is 2. The Morgan fingerprint density at radius 1 is 1.57 bits per heavy atom. The maximum atomic E-state index is 11.2. The molecule has 0 atom stereocenters. The molecular weight excluding hydrogens is 271 g/mol. The van der Waals surface area contributed by atoms with Crippen molar-refractivity contribution < 1.29 is 14.3 Å². The van der Waals surface area contributed by atoms with E-state index in [1.54, 1.807) is 0 Å². The summed E-state index contributed by atoms with van der Waals surface area (Å²) in [4.78, 5) is 21.7. The number of hydrogen-bond acceptors (Lipinski definition) is 3. The Kier molecular flexibility index (Phi) is 3.66. The van der Waals surface area contributed by atoms with Crippen molar-refractivity contribution in [2.75, 3.05) is 7.11 Å². The predicted octanol–water partition coefficient (Wildman–Crippen LogP) is 2.70. The average molecular weight is 278 g/mol. The number of hydrogen-bond donors (Lipinski definition) is 0. The molecule has 1 aromatic rings. The Hall–Kier alpha value is -0.870. The lowest BCUT2D eigenvalue weighted by atomic mass is 10.1. The summed E-state index contributed by atoms with van der Waals surface area (Å²) in [6, 6.07) is 2.91. The largest absolute Gasteiger partial charge is 0.465 e. The Labute approximate surface area is 94.1 Å². The number of methoxy groups -OCH3 is 1. The summed E-state index contributed by atoms with van der Waals surface area (Å²) < 4.78 is 4.97. The van der Waals surface area contributed by atoms with Gasteiger partial charge in [-0.3, -0.25) is 4.79 Å². The summed E-state index contributed by atoms with van der Waals surface area (Å²) in [5.74, 6) is -0.542. The highest BCUT2D eigenvalue weighted by molar-refractivity contribution is 9.10. The SMILES string of the molecule is COC(=O)c1c(Cl)cc(C=O)cc1Br. The van der Waals surface area contributed by atoms with E-state index in [1.165, 1.54) is 19.2 Å². The summed E-state index contributed by atoms with van der Waals surface area (Å²) in [5, 5.41) is 0.188. The van der Waals surface area contributed by atoms with E-state index in [0.717, 1.165) is 0 Å². The van der Waals surface area contributed by atoms with E-state index in [1.807, 2.05) is 0 Å². The van der Waals surface area contributed by atoms with Crippen molar-refractivity contribution in [1.82, 2.24) is 0 Å². The summed E-state index contributed by atoms with van der Waals surface area (Å²) in [6.07, 6.45) is 0.650. The second-order valence-corrected chi connectivity index (χ2v) is 3.73. The van der Waals surface area contributed by atoms with E-state index >= 15 is 0 Å². The average Bonchev–Trinajstić information content (AvgIpc) is 2.16. The maximum absolute atomic E-state index is 11.2. The van der Waals surface area contributed by atoms with Crippen LogP contribution in [0.5, 0.6) is 0 Å². The van der Waals surface area contributed by atoms with Gasteiger partial charge in [0.05, 0.1) is 17.7 Å². The third kappa shape index (κ3) is 2.13. The van der Waals surface area contributed by atoms with E-state index in [4.69, 9.17) is 11.6 Å². The maximum Gasteiger partial charge on any atom is 0.340 e. The molecule has 0 amide bonds. The Balaban J connectivity index is 3.31. The molecule has 0 saturated carbocycles. The summed E-state index contributed by atoms with van der Waals surface area (Å²) in [6.45, 7) is 0. The van der Waals surface area contributed by atoms with E-state index in [0.29, 0.717) is 16.3 Å². The molecule has 0 heterocycles. The first-order valence-electron chi connectivity index (χ1n) is 3.62. The van der Waals surface area contributed by atoms with Gasteiger partial charge in [-0.1, -0.05) is 11.6 Å². The zero-order valence-corrected chi connectivity index (χ0v) is 9.55. The minimum absolute atomic E-state index is 0.188. The highest BCUT2D eigenvalue weighted by atomic mass is 79.9. The fourth-order valence-corrected chi connectivity index (χ4v) is 2.02. The summed E-state index contributed by atoms with van der Waals surface area (Å²) in [5.41, 5.74) is 0.620. The molecule has 0 bridgehead atoms. The highest BCUT2D eigenvalue weighted by Gasteiger charge is 2.15. The zero-order chi connectivity index (χ0) is 10.7.